The van der Waals surface area contributed by atoms with Crippen LogP contribution in [0.2, 0.25) is 0 Å². The van der Waals surface area contributed by atoms with Gasteiger partial charge >= 0.3 is 11.9 Å². The van der Waals surface area contributed by atoms with Gasteiger partial charge in [0, 0.05) is 118 Å². The molecule has 302 valence electrons. The number of benzene rings is 3. The Morgan fingerprint density at radius 2 is 1.41 bits per heavy atom. The quantitative estimate of drug-likeness (QED) is 0.0949. The third kappa shape index (κ3) is 8.03. The average Bonchev–Trinajstić information content (AvgIpc) is 3.19. The maximum atomic E-state index is 14.8. The topological polar surface area (TPSA) is 189 Å². The van der Waals surface area contributed by atoms with Crippen molar-refractivity contribution in [1.29, 1.82) is 0 Å². The smallest absolute Gasteiger partial charge is 0.338 e. The first-order valence-electron chi connectivity index (χ1n) is 18.7. The van der Waals surface area contributed by atoms with E-state index in [1.807, 2.05) is 28.7 Å². The number of hydrogen-bond acceptors (Lipinski definition) is 11. The molecule has 3 fully saturated rings. The van der Waals surface area contributed by atoms with E-state index in [4.69, 9.17) is 14.2 Å². The number of rotatable bonds is 8. The van der Waals surface area contributed by atoms with Gasteiger partial charge in [-0.05, 0) is 54.8 Å². The fraction of sp³-hybridized carbons (Fsp3) is 0.442. The minimum absolute atomic E-state index is 0. The van der Waals surface area contributed by atoms with E-state index in [1.165, 1.54) is 19.1 Å². The molecule has 2 radical (unpaired) electrons. The molecule has 58 heavy (non-hydrogen) atoms. The number of ether oxygens (including phenoxy) is 3. The molecule has 12 nitrogen and oxygen atoms in total. The maximum Gasteiger partial charge on any atom is 0.338 e. The van der Waals surface area contributed by atoms with Crippen LogP contribution in [0.1, 0.15) is 72.9 Å². The molecule has 9 unspecified atom stereocenters. The van der Waals surface area contributed by atoms with Gasteiger partial charge < -0.3 is 40.0 Å². The number of carbonyl (C=O) groups is 4. The van der Waals surface area contributed by atoms with E-state index in [-0.39, 0.29) is 119 Å². The Bertz CT molecular complexity index is 2060. The number of aliphatic hydroxyl groups excluding tert-OH is 2. The van der Waals surface area contributed by atoms with Gasteiger partial charge in [-0.25, -0.2) is 4.79 Å². The molecule has 1 heterocycles. The number of carbonyl (C=O) groups excluding carboxylic acids is 4. The molecule has 3 aromatic carbocycles. The Morgan fingerprint density at radius 1 is 0.862 bits per heavy atom. The summed E-state index contributed by atoms with van der Waals surface area (Å²) in [6.45, 7) is 5.96. The summed E-state index contributed by atoms with van der Waals surface area (Å²) >= 11 is 1.91. The predicted octanol–water partition coefficient (Wildman–Crippen LogP) is 4.04. The molecule has 2 saturated carbocycles. The van der Waals surface area contributed by atoms with E-state index >= 15 is 0 Å². The zero-order valence-corrected chi connectivity index (χ0v) is 44.2. The first kappa shape index (κ1) is 47.9. The normalized spacial score (nSPS) is 33.1. The molecule has 1 aliphatic heterocycles. The summed E-state index contributed by atoms with van der Waals surface area (Å²) in [5.74, 6) is -4.35. The minimum Gasteiger partial charge on any atom is -0.457 e. The van der Waals surface area contributed by atoms with Gasteiger partial charge in [0.05, 0.1) is 35.8 Å². The third-order valence-corrected chi connectivity index (χ3v) is 14.1. The first-order valence-corrected chi connectivity index (χ1v) is 19.9. The van der Waals surface area contributed by atoms with Gasteiger partial charge in [0.2, 0.25) is 0 Å². The van der Waals surface area contributed by atoms with Gasteiger partial charge in [0.1, 0.15) is 33.4 Å². The average molecular weight is 1330 g/mol. The van der Waals surface area contributed by atoms with Crippen molar-refractivity contribution >= 4 is 46.2 Å². The van der Waals surface area contributed by atoms with Crippen LogP contribution in [0.3, 0.4) is 0 Å². The summed E-state index contributed by atoms with van der Waals surface area (Å²) in [7, 11) is 0. The number of fused-ring (bicyclic) bond motifs is 5. The van der Waals surface area contributed by atoms with Gasteiger partial charge in [-0.15, -0.1) is 0 Å². The van der Waals surface area contributed by atoms with Crippen molar-refractivity contribution in [3.05, 3.63) is 119 Å². The second-order valence-electron chi connectivity index (χ2n) is 16.2. The number of nitrogens with one attached hydrogen (secondary N) is 1. The number of halogens is 1. The Hall–Kier alpha value is -1.11. The molecule has 1 amide bonds. The fourth-order valence-corrected chi connectivity index (χ4v) is 10.3. The van der Waals surface area contributed by atoms with Crippen LogP contribution in [-0.4, -0.2) is 96.3 Å². The molecule has 0 spiro atoms. The van der Waals surface area contributed by atoms with Gasteiger partial charge in [-0.1, -0.05) is 103 Å². The van der Waals surface area contributed by atoms with Crippen molar-refractivity contribution in [2.45, 2.75) is 92.2 Å². The van der Waals surface area contributed by atoms with Crippen molar-refractivity contribution in [1.82, 2.24) is 5.32 Å². The van der Waals surface area contributed by atoms with Crippen molar-refractivity contribution in [2.75, 3.05) is 6.61 Å². The summed E-state index contributed by atoms with van der Waals surface area (Å²) in [5, 5.41) is 52.4. The van der Waals surface area contributed by atoms with Gasteiger partial charge in [0.15, 0.2) is 5.78 Å². The maximum absolute atomic E-state index is 14.8. The molecular formula is C43H46Ac2INO11. The van der Waals surface area contributed by atoms with Crippen LogP contribution in [0.4, 0.5) is 0 Å². The molecule has 0 aromatic heterocycles. The van der Waals surface area contributed by atoms with Crippen molar-refractivity contribution in [3.63, 3.8) is 0 Å². The molecule has 1 saturated heterocycles. The largest absolute Gasteiger partial charge is 0.457 e. The molecule has 4 aliphatic rings. The Labute approximate surface area is 422 Å². The molecule has 2 bridgehead atoms. The monoisotopic (exact) mass is 1330 g/mol. The number of ketones is 1. The van der Waals surface area contributed by atoms with E-state index in [1.54, 1.807) is 93.6 Å². The van der Waals surface area contributed by atoms with Gasteiger partial charge in [-0.2, -0.15) is 0 Å². The Kier molecular flexibility index (Phi) is 15.1. The van der Waals surface area contributed by atoms with Crippen LogP contribution in [0.15, 0.2) is 102 Å². The summed E-state index contributed by atoms with van der Waals surface area (Å²) in [6.07, 6.45) is -7.81. The number of amides is 1. The number of aliphatic hydroxyl groups is 4. The van der Waals surface area contributed by atoms with Crippen LogP contribution in [-0.2, 0) is 23.8 Å². The Balaban J connectivity index is 0.00000320. The van der Waals surface area contributed by atoms with Crippen LogP contribution in [0.25, 0.3) is 0 Å². The zero-order chi connectivity index (χ0) is 40.4. The number of alkyl halides is 1. The predicted molar refractivity (Wildman–Crippen MR) is 210 cm³/mol. The zero-order valence-electron chi connectivity index (χ0n) is 32.6. The third-order valence-electron chi connectivity index (χ3n) is 12.9. The number of hydrogen-bond donors (Lipinski definition) is 5. The van der Waals surface area contributed by atoms with Crippen molar-refractivity contribution in [2.24, 2.45) is 16.7 Å². The van der Waals surface area contributed by atoms with Crippen LogP contribution < -0.4 is 5.32 Å². The second-order valence-corrected chi connectivity index (χ2v) is 17.5. The van der Waals surface area contributed by atoms with Gasteiger partial charge in [0.25, 0.3) is 5.91 Å². The fourth-order valence-electron chi connectivity index (χ4n) is 9.52. The molecule has 3 aromatic rings. The van der Waals surface area contributed by atoms with Gasteiger partial charge in [-0.3, -0.25) is 14.4 Å². The van der Waals surface area contributed by atoms with E-state index in [0.717, 1.165) is 0 Å². The second kappa shape index (κ2) is 18.3. The standard InChI is InChI=1S/C43H46INO11.2Ac/c1-23-27(55-39(51)31(44)32(24-14-8-5-9-15-24)45-37(49)25-16-10-6-11-17-25)21-43(53)36(56-38(50)26-18-12-7-13-19-26)34-41(4,28(46)20-29-42(34,52)22-54-29)35(48)33(47)30(23)40(43,2)3;;/h5-19,27-29,31-34,36,46-47,52-53H,20-22H2,1-4H3,(H,45,49);;/t27?,28?,29?,31?,32?,33?,34?,36-,41+,42?,43?;;/m0../s1. The minimum atomic E-state index is -2.22. The van der Waals surface area contributed by atoms with E-state index in [0.29, 0.717) is 16.7 Å². The van der Waals surface area contributed by atoms with Crippen LogP contribution >= 0.6 is 22.6 Å². The van der Waals surface area contributed by atoms with Crippen LogP contribution in [0, 0.1) is 105 Å². The SMILES string of the molecule is CC1=C2C(O)C(=O)[C@]3(C)C(O)CC4OCC4(O)C3[C@H](OC(=O)c3ccccc3)C(O)(CC1OC(=O)C(I)C(NC(=O)c1ccccc1)c1ccccc1)C2(C)C.[Ac].[Ac]. The van der Waals surface area contributed by atoms with Crippen molar-refractivity contribution in [3.8, 4) is 0 Å². The van der Waals surface area contributed by atoms with E-state index < -0.39 is 92.1 Å². The summed E-state index contributed by atoms with van der Waals surface area (Å²) in [4.78, 5) is 56.4. The summed E-state index contributed by atoms with van der Waals surface area (Å²) in [6, 6.07) is 24.6. The summed E-state index contributed by atoms with van der Waals surface area (Å²) in [5.41, 5.74) is -6.04. The molecule has 15 heteroatoms. The molecule has 7 rings (SSSR count). The Morgan fingerprint density at radius 3 is 1.97 bits per heavy atom. The molecule has 3 aliphatic carbocycles. The number of Topliss-reactive ketones (excluding diaryl/α,β-unsaturated/α-hetero) is 1. The van der Waals surface area contributed by atoms with E-state index in [2.05, 4.69) is 5.32 Å². The van der Waals surface area contributed by atoms with Crippen LogP contribution in [0.5, 0.6) is 0 Å². The van der Waals surface area contributed by atoms with E-state index in [9.17, 15) is 39.6 Å². The summed E-state index contributed by atoms with van der Waals surface area (Å²) < 4.78 is 17.2. The van der Waals surface area contributed by atoms with Crippen molar-refractivity contribution < 1.29 is 142 Å². The molecule has 5 N–H and O–H groups in total. The number of esters is 2. The molecule has 11 atom stereocenters. The molecular weight excluding hydrogens is 1290 g/mol. The first-order chi connectivity index (χ1) is 26.5.